The van der Waals surface area contributed by atoms with Crippen LogP contribution in [0, 0.1) is 5.92 Å². The average molecular weight is 280 g/mol. The summed E-state index contributed by atoms with van der Waals surface area (Å²) in [6.45, 7) is 1.68. The van der Waals surface area contributed by atoms with Crippen molar-refractivity contribution in [2.75, 3.05) is 13.2 Å². The quantitative estimate of drug-likeness (QED) is 0.545. The summed E-state index contributed by atoms with van der Waals surface area (Å²) in [6, 6.07) is 0. The standard InChI is InChI=1S/C17H28O3/c18-16-11-8-10-15(16)9-4-2-1-3-6-13-19-17-12-5-7-14-20-17/h4,8-10,15-18H,1-3,5-7,11-14H2/t15-,16-,17?/m1/s1. The van der Waals surface area contributed by atoms with E-state index in [2.05, 4.69) is 24.3 Å². The highest BCUT2D eigenvalue weighted by Crippen LogP contribution is 2.19. The molecule has 0 amide bonds. The summed E-state index contributed by atoms with van der Waals surface area (Å²) in [6.07, 6.45) is 17.2. The first-order valence-corrected chi connectivity index (χ1v) is 8.11. The molecule has 3 atom stereocenters. The highest BCUT2D eigenvalue weighted by molar-refractivity contribution is 5.10. The SMILES string of the molecule is O[C@@H]1CC=C[C@H]1C=CCCCCCOC1CCCCO1. The lowest BCUT2D eigenvalue weighted by atomic mass is 10.0. The van der Waals surface area contributed by atoms with Crippen molar-refractivity contribution in [3.63, 3.8) is 0 Å². The molecule has 1 unspecified atom stereocenters. The number of rotatable bonds is 8. The molecule has 114 valence electrons. The van der Waals surface area contributed by atoms with Crippen LogP contribution in [0.25, 0.3) is 0 Å². The molecule has 0 spiro atoms. The highest BCUT2D eigenvalue weighted by Gasteiger charge is 2.16. The van der Waals surface area contributed by atoms with Gasteiger partial charge in [0.1, 0.15) is 0 Å². The van der Waals surface area contributed by atoms with Gasteiger partial charge in [0, 0.05) is 19.1 Å². The molecule has 0 aromatic rings. The minimum atomic E-state index is -0.199. The molecule has 1 heterocycles. The molecule has 2 rings (SSSR count). The molecule has 3 nitrogen and oxygen atoms in total. The number of allylic oxidation sites excluding steroid dienone is 1. The van der Waals surface area contributed by atoms with Crippen molar-refractivity contribution in [1.29, 1.82) is 0 Å². The van der Waals surface area contributed by atoms with Gasteiger partial charge < -0.3 is 14.6 Å². The summed E-state index contributed by atoms with van der Waals surface area (Å²) in [7, 11) is 0. The average Bonchev–Trinajstić information content (AvgIpc) is 2.88. The third-order valence-corrected chi connectivity index (χ3v) is 4.00. The molecule has 20 heavy (non-hydrogen) atoms. The van der Waals surface area contributed by atoms with Gasteiger partial charge in [-0.3, -0.25) is 0 Å². The molecule has 0 radical (unpaired) electrons. The van der Waals surface area contributed by atoms with Crippen molar-refractivity contribution >= 4 is 0 Å². The zero-order valence-electron chi connectivity index (χ0n) is 12.4. The monoisotopic (exact) mass is 280 g/mol. The van der Waals surface area contributed by atoms with Gasteiger partial charge >= 0.3 is 0 Å². The third kappa shape index (κ3) is 5.78. The molecular formula is C17H28O3. The summed E-state index contributed by atoms with van der Waals surface area (Å²) in [5.41, 5.74) is 0. The van der Waals surface area contributed by atoms with E-state index in [1.165, 1.54) is 25.7 Å². The van der Waals surface area contributed by atoms with Crippen LogP contribution in [0.1, 0.15) is 51.4 Å². The van der Waals surface area contributed by atoms with Crippen LogP contribution in [0.5, 0.6) is 0 Å². The Bertz CT molecular complexity index is 305. The molecule has 1 aliphatic heterocycles. The van der Waals surface area contributed by atoms with Crippen LogP contribution in [-0.4, -0.2) is 30.7 Å². The van der Waals surface area contributed by atoms with Gasteiger partial charge in [-0.25, -0.2) is 0 Å². The summed E-state index contributed by atoms with van der Waals surface area (Å²) in [4.78, 5) is 0. The lowest BCUT2D eigenvalue weighted by Gasteiger charge is -2.22. The van der Waals surface area contributed by atoms with E-state index in [0.717, 1.165) is 38.9 Å². The van der Waals surface area contributed by atoms with E-state index >= 15 is 0 Å². The van der Waals surface area contributed by atoms with E-state index in [1.54, 1.807) is 0 Å². The van der Waals surface area contributed by atoms with Crippen LogP contribution >= 0.6 is 0 Å². The smallest absolute Gasteiger partial charge is 0.157 e. The minimum Gasteiger partial charge on any atom is -0.392 e. The maximum absolute atomic E-state index is 9.64. The first-order valence-electron chi connectivity index (χ1n) is 8.11. The van der Waals surface area contributed by atoms with Crippen molar-refractivity contribution in [3.05, 3.63) is 24.3 Å². The lowest BCUT2D eigenvalue weighted by molar-refractivity contribution is -0.162. The number of aliphatic hydroxyl groups excluding tert-OH is 1. The fourth-order valence-electron chi connectivity index (χ4n) is 2.70. The van der Waals surface area contributed by atoms with Gasteiger partial charge in [-0.15, -0.1) is 0 Å². The molecule has 1 saturated heterocycles. The highest BCUT2D eigenvalue weighted by atomic mass is 16.7. The van der Waals surface area contributed by atoms with Crippen LogP contribution in [-0.2, 0) is 9.47 Å². The van der Waals surface area contributed by atoms with E-state index in [4.69, 9.17) is 9.47 Å². The maximum Gasteiger partial charge on any atom is 0.157 e. The fraction of sp³-hybridized carbons (Fsp3) is 0.765. The number of ether oxygens (including phenoxy) is 2. The van der Waals surface area contributed by atoms with Crippen molar-refractivity contribution in [3.8, 4) is 0 Å². The summed E-state index contributed by atoms with van der Waals surface area (Å²) in [5, 5.41) is 9.64. The van der Waals surface area contributed by atoms with Crippen molar-refractivity contribution in [2.45, 2.75) is 63.8 Å². The molecule has 0 aromatic heterocycles. The maximum atomic E-state index is 9.64. The largest absolute Gasteiger partial charge is 0.392 e. The second-order valence-corrected chi connectivity index (χ2v) is 5.75. The van der Waals surface area contributed by atoms with Gasteiger partial charge in [-0.1, -0.05) is 30.7 Å². The first kappa shape index (κ1) is 15.7. The Kier molecular flexibility index (Phi) is 7.34. The van der Waals surface area contributed by atoms with Gasteiger partial charge in [0.15, 0.2) is 6.29 Å². The van der Waals surface area contributed by atoms with E-state index in [-0.39, 0.29) is 18.3 Å². The molecule has 1 N–H and O–H groups in total. The molecule has 1 fully saturated rings. The van der Waals surface area contributed by atoms with Crippen molar-refractivity contribution < 1.29 is 14.6 Å². The lowest BCUT2D eigenvalue weighted by Crippen LogP contribution is -2.22. The Labute approximate surface area is 122 Å². The molecule has 0 aromatic carbocycles. The predicted molar refractivity (Wildman–Crippen MR) is 80.4 cm³/mol. The first-order chi connectivity index (χ1) is 9.86. The molecule has 0 bridgehead atoms. The molecule has 3 heteroatoms. The van der Waals surface area contributed by atoms with Gasteiger partial charge in [-0.05, 0) is 44.9 Å². The van der Waals surface area contributed by atoms with E-state index in [0.29, 0.717) is 0 Å². The Morgan fingerprint density at radius 3 is 2.95 bits per heavy atom. The minimum absolute atomic E-state index is 0.0549. The van der Waals surface area contributed by atoms with Crippen LogP contribution in [0.4, 0.5) is 0 Å². The van der Waals surface area contributed by atoms with Crippen LogP contribution in [0.2, 0.25) is 0 Å². The van der Waals surface area contributed by atoms with Gasteiger partial charge in [0.25, 0.3) is 0 Å². The fourth-order valence-corrected chi connectivity index (χ4v) is 2.70. The Morgan fingerprint density at radius 1 is 1.25 bits per heavy atom. The van der Waals surface area contributed by atoms with Crippen LogP contribution in [0.3, 0.4) is 0 Å². The Hall–Kier alpha value is -0.640. The zero-order chi connectivity index (χ0) is 14.0. The summed E-state index contributed by atoms with van der Waals surface area (Å²) < 4.78 is 11.2. The van der Waals surface area contributed by atoms with E-state index < -0.39 is 0 Å². The number of hydrogen-bond donors (Lipinski definition) is 1. The van der Waals surface area contributed by atoms with Crippen LogP contribution in [0.15, 0.2) is 24.3 Å². The second kappa shape index (κ2) is 9.32. The Balaban J connectivity index is 1.41. The molecular weight excluding hydrogens is 252 g/mol. The molecule has 2 aliphatic rings. The zero-order valence-corrected chi connectivity index (χ0v) is 12.4. The van der Waals surface area contributed by atoms with Crippen molar-refractivity contribution in [2.24, 2.45) is 5.92 Å². The predicted octanol–water partition coefficient (Wildman–Crippen LogP) is 3.58. The van der Waals surface area contributed by atoms with Gasteiger partial charge in [0.05, 0.1) is 6.10 Å². The number of aliphatic hydroxyl groups is 1. The summed E-state index contributed by atoms with van der Waals surface area (Å²) >= 11 is 0. The number of hydrogen-bond acceptors (Lipinski definition) is 3. The molecule has 0 saturated carbocycles. The van der Waals surface area contributed by atoms with Gasteiger partial charge in [0.2, 0.25) is 0 Å². The van der Waals surface area contributed by atoms with Crippen molar-refractivity contribution in [1.82, 2.24) is 0 Å². The topological polar surface area (TPSA) is 38.7 Å². The molecule has 1 aliphatic carbocycles. The summed E-state index contributed by atoms with van der Waals surface area (Å²) in [5.74, 6) is 0.238. The number of unbranched alkanes of at least 4 members (excludes halogenated alkanes) is 3. The normalized spacial score (nSPS) is 30.4. The van der Waals surface area contributed by atoms with E-state index in [1.807, 2.05) is 0 Å². The van der Waals surface area contributed by atoms with Gasteiger partial charge in [-0.2, -0.15) is 0 Å². The third-order valence-electron chi connectivity index (χ3n) is 4.00. The van der Waals surface area contributed by atoms with Crippen LogP contribution < -0.4 is 0 Å². The van der Waals surface area contributed by atoms with E-state index in [9.17, 15) is 5.11 Å². The Morgan fingerprint density at radius 2 is 2.20 bits per heavy atom. The second-order valence-electron chi connectivity index (χ2n) is 5.75.